The molecule has 6 heteroatoms. The van der Waals surface area contributed by atoms with Crippen molar-refractivity contribution in [1.29, 1.82) is 0 Å². The van der Waals surface area contributed by atoms with Gasteiger partial charge in [-0.05, 0) is 5.92 Å². The minimum absolute atomic E-state index is 0.106. The van der Waals surface area contributed by atoms with Crippen LogP contribution in [0.25, 0.3) is 11.4 Å². The highest BCUT2D eigenvalue weighted by Gasteiger charge is 2.23. The smallest absolute Gasteiger partial charge is 0.323 e. The van der Waals surface area contributed by atoms with Crippen LogP contribution in [0.15, 0.2) is 34.9 Å². The molecule has 0 aliphatic carbocycles. The number of benzene rings is 1. The lowest BCUT2D eigenvalue weighted by Crippen LogP contribution is -2.41. The number of carbonyl (C=O) groups is 1. The molecular formula is C15H19N3O3. The zero-order valence-electron chi connectivity index (χ0n) is 12.4. The molecular weight excluding hydrogens is 270 g/mol. The Morgan fingerprint density at radius 2 is 2.05 bits per heavy atom. The largest absolute Gasteiger partial charge is 0.468 e. The zero-order valence-corrected chi connectivity index (χ0v) is 12.4. The van der Waals surface area contributed by atoms with Gasteiger partial charge < -0.3 is 9.26 Å². The van der Waals surface area contributed by atoms with E-state index in [-0.39, 0.29) is 11.9 Å². The number of rotatable bonds is 6. The Morgan fingerprint density at radius 3 is 2.67 bits per heavy atom. The average Bonchev–Trinajstić information content (AvgIpc) is 2.96. The summed E-state index contributed by atoms with van der Waals surface area (Å²) in [5.74, 6) is 0.775. The van der Waals surface area contributed by atoms with Gasteiger partial charge in [-0.15, -0.1) is 0 Å². The standard InChI is InChI=1S/C15H19N3O3/c1-10(2)13(15(19)20-3)16-9-12-17-14(18-21-12)11-7-5-4-6-8-11/h4-8,10,13,16H,9H2,1-3H3. The van der Waals surface area contributed by atoms with Gasteiger partial charge in [0, 0.05) is 5.56 Å². The lowest BCUT2D eigenvalue weighted by Gasteiger charge is -2.18. The van der Waals surface area contributed by atoms with Crippen LogP contribution in [-0.4, -0.2) is 29.3 Å². The highest BCUT2D eigenvalue weighted by Crippen LogP contribution is 2.15. The predicted octanol–water partition coefficient (Wildman–Crippen LogP) is 2.02. The highest BCUT2D eigenvalue weighted by atomic mass is 16.5. The summed E-state index contributed by atoms with van der Waals surface area (Å²) in [7, 11) is 1.37. The van der Waals surface area contributed by atoms with Gasteiger partial charge in [0.2, 0.25) is 11.7 Å². The minimum Gasteiger partial charge on any atom is -0.468 e. The molecule has 2 aromatic rings. The van der Waals surface area contributed by atoms with Crippen LogP contribution in [0.3, 0.4) is 0 Å². The molecule has 0 saturated heterocycles. The third-order valence-electron chi connectivity index (χ3n) is 3.10. The number of methoxy groups -OCH3 is 1. The second-order valence-corrected chi connectivity index (χ2v) is 5.00. The molecule has 1 aromatic heterocycles. The zero-order chi connectivity index (χ0) is 15.2. The van der Waals surface area contributed by atoms with Crippen LogP contribution in [0.5, 0.6) is 0 Å². The fourth-order valence-corrected chi connectivity index (χ4v) is 1.95. The van der Waals surface area contributed by atoms with Crippen molar-refractivity contribution >= 4 is 5.97 Å². The van der Waals surface area contributed by atoms with E-state index in [1.807, 2.05) is 44.2 Å². The van der Waals surface area contributed by atoms with Crippen LogP contribution in [0.2, 0.25) is 0 Å². The quantitative estimate of drug-likeness (QED) is 0.820. The molecule has 2 rings (SSSR count). The van der Waals surface area contributed by atoms with Gasteiger partial charge in [-0.25, -0.2) is 0 Å². The van der Waals surface area contributed by atoms with Gasteiger partial charge in [0.25, 0.3) is 0 Å². The third-order valence-corrected chi connectivity index (χ3v) is 3.10. The molecule has 1 heterocycles. The number of carbonyl (C=O) groups excluding carboxylic acids is 1. The molecule has 6 nitrogen and oxygen atoms in total. The van der Waals surface area contributed by atoms with Gasteiger partial charge in [-0.2, -0.15) is 4.98 Å². The minimum atomic E-state index is -0.401. The fourth-order valence-electron chi connectivity index (χ4n) is 1.95. The number of esters is 1. The average molecular weight is 289 g/mol. The first-order valence-electron chi connectivity index (χ1n) is 6.81. The number of aromatic nitrogens is 2. The van der Waals surface area contributed by atoms with Crippen molar-refractivity contribution in [1.82, 2.24) is 15.5 Å². The van der Waals surface area contributed by atoms with E-state index in [2.05, 4.69) is 15.5 Å². The van der Waals surface area contributed by atoms with Gasteiger partial charge in [0.15, 0.2) is 0 Å². The van der Waals surface area contributed by atoms with Crippen molar-refractivity contribution < 1.29 is 14.1 Å². The van der Waals surface area contributed by atoms with Crippen LogP contribution in [0, 0.1) is 5.92 Å². The summed E-state index contributed by atoms with van der Waals surface area (Å²) in [6, 6.07) is 9.17. The van der Waals surface area contributed by atoms with E-state index >= 15 is 0 Å². The van der Waals surface area contributed by atoms with E-state index in [1.54, 1.807) is 0 Å². The Kier molecular flexibility index (Phi) is 5.05. The molecule has 0 saturated carbocycles. The SMILES string of the molecule is COC(=O)C(NCc1nc(-c2ccccc2)no1)C(C)C. The van der Waals surface area contributed by atoms with Crippen LogP contribution < -0.4 is 5.32 Å². The molecule has 0 aliphatic rings. The first kappa shape index (κ1) is 15.2. The van der Waals surface area contributed by atoms with Gasteiger partial charge in [0.1, 0.15) is 6.04 Å². The van der Waals surface area contributed by atoms with Crippen LogP contribution in [-0.2, 0) is 16.1 Å². The molecule has 1 aromatic carbocycles. The molecule has 21 heavy (non-hydrogen) atoms. The normalized spacial score (nSPS) is 12.4. The summed E-state index contributed by atoms with van der Waals surface area (Å²) in [5, 5.41) is 7.01. The molecule has 0 spiro atoms. The summed E-state index contributed by atoms with van der Waals surface area (Å²) < 4.78 is 9.96. The maximum Gasteiger partial charge on any atom is 0.323 e. The Morgan fingerprint density at radius 1 is 1.33 bits per heavy atom. The number of ether oxygens (including phenoxy) is 1. The van der Waals surface area contributed by atoms with Gasteiger partial charge in [-0.3, -0.25) is 10.1 Å². The van der Waals surface area contributed by atoms with E-state index in [0.717, 1.165) is 5.56 Å². The maximum atomic E-state index is 11.7. The Balaban J connectivity index is 2.01. The molecule has 0 radical (unpaired) electrons. The Bertz CT molecular complexity index is 581. The second-order valence-electron chi connectivity index (χ2n) is 5.00. The number of hydrogen-bond donors (Lipinski definition) is 1. The topological polar surface area (TPSA) is 77.2 Å². The first-order valence-corrected chi connectivity index (χ1v) is 6.81. The van der Waals surface area contributed by atoms with E-state index < -0.39 is 6.04 Å². The molecule has 1 N–H and O–H groups in total. The van der Waals surface area contributed by atoms with E-state index in [1.165, 1.54) is 7.11 Å². The van der Waals surface area contributed by atoms with Crippen molar-refractivity contribution in [3.05, 3.63) is 36.2 Å². The Hall–Kier alpha value is -2.21. The summed E-state index contributed by atoms with van der Waals surface area (Å²) in [4.78, 5) is 16.0. The highest BCUT2D eigenvalue weighted by molar-refractivity contribution is 5.75. The third kappa shape index (κ3) is 3.88. The van der Waals surface area contributed by atoms with Crippen molar-refractivity contribution in [2.45, 2.75) is 26.4 Å². The fraction of sp³-hybridized carbons (Fsp3) is 0.400. The predicted molar refractivity (Wildman–Crippen MR) is 77.2 cm³/mol. The molecule has 1 unspecified atom stereocenters. The van der Waals surface area contributed by atoms with Crippen molar-refractivity contribution in [3.8, 4) is 11.4 Å². The molecule has 0 aliphatic heterocycles. The number of hydrogen-bond acceptors (Lipinski definition) is 6. The van der Waals surface area contributed by atoms with Crippen molar-refractivity contribution in [2.75, 3.05) is 7.11 Å². The number of nitrogens with one attached hydrogen (secondary N) is 1. The first-order chi connectivity index (χ1) is 10.1. The van der Waals surface area contributed by atoms with Crippen molar-refractivity contribution in [3.63, 3.8) is 0 Å². The maximum absolute atomic E-state index is 11.7. The van der Waals surface area contributed by atoms with Gasteiger partial charge in [0.05, 0.1) is 13.7 Å². The van der Waals surface area contributed by atoms with E-state index in [4.69, 9.17) is 9.26 Å². The Labute approximate surface area is 123 Å². The lowest BCUT2D eigenvalue weighted by molar-refractivity contribution is -0.144. The van der Waals surface area contributed by atoms with Crippen LogP contribution in [0.1, 0.15) is 19.7 Å². The second kappa shape index (κ2) is 6.99. The summed E-state index contributed by atoms with van der Waals surface area (Å²) in [6.07, 6.45) is 0. The summed E-state index contributed by atoms with van der Waals surface area (Å²) in [5.41, 5.74) is 0.890. The molecule has 1 atom stereocenters. The van der Waals surface area contributed by atoms with E-state index in [0.29, 0.717) is 18.3 Å². The molecule has 0 amide bonds. The van der Waals surface area contributed by atoms with Crippen LogP contribution >= 0.6 is 0 Å². The molecule has 0 fully saturated rings. The molecule has 112 valence electrons. The van der Waals surface area contributed by atoms with Gasteiger partial charge >= 0.3 is 5.97 Å². The lowest BCUT2D eigenvalue weighted by atomic mass is 10.1. The van der Waals surface area contributed by atoms with Crippen LogP contribution in [0.4, 0.5) is 0 Å². The van der Waals surface area contributed by atoms with Crippen molar-refractivity contribution in [2.24, 2.45) is 5.92 Å². The number of nitrogens with zero attached hydrogens (tertiary/aromatic N) is 2. The van der Waals surface area contributed by atoms with E-state index in [9.17, 15) is 4.79 Å². The summed E-state index contributed by atoms with van der Waals surface area (Å²) >= 11 is 0. The summed E-state index contributed by atoms with van der Waals surface area (Å²) in [6.45, 7) is 4.20. The molecule has 0 bridgehead atoms. The monoisotopic (exact) mass is 289 g/mol. The van der Waals surface area contributed by atoms with Gasteiger partial charge in [-0.1, -0.05) is 49.3 Å².